The molecule has 0 aromatic heterocycles. The maximum absolute atomic E-state index is 11.4. The second kappa shape index (κ2) is 9.91. The van der Waals surface area contributed by atoms with E-state index in [9.17, 15) is 4.79 Å². The van der Waals surface area contributed by atoms with Gasteiger partial charge in [-0.15, -0.1) is 0 Å². The van der Waals surface area contributed by atoms with Gasteiger partial charge in [0.05, 0.1) is 26.4 Å². The molecular formula is C15H28O5. The van der Waals surface area contributed by atoms with Gasteiger partial charge >= 0.3 is 5.97 Å². The summed E-state index contributed by atoms with van der Waals surface area (Å²) in [6, 6.07) is 0. The summed E-state index contributed by atoms with van der Waals surface area (Å²) >= 11 is 0. The second-order valence-electron chi connectivity index (χ2n) is 5.58. The van der Waals surface area contributed by atoms with Crippen LogP contribution in [-0.2, 0) is 14.3 Å². The van der Waals surface area contributed by atoms with Gasteiger partial charge in [-0.05, 0) is 19.8 Å². The standard InChI is InChI=1S/C15H28O5/c1-5-15(4,11-20-14(18)12(2)3)6-7-19-10-13(8-16)9-17/h13,16-17H,2,5-11H2,1,3-4H3. The quantitative estimate of drug-likeness (QED) is 0.342. The maximum Gasteiger partial charge on any atom is 0.333 e. The van der Waals surface area contributed by atoms with E-state index in [0.29, 0.717) is 25.4 Å². The van der Waals surface area contributed by atoms with Crippen molar-refractivity contribution in [3.05, 3.63) is 12.2 Å². The molecule has 0 aliphatic carbocycles. The van der Waals surface area contributed by atoms with Gasteiger partial charge < -0.3 is 19.7 Å². The molecule has 5 nitrogen and oxygen atoms in total. The first-order valence-corrected chi connectivity index (χ1v) is 7.00. The summed E-state index contributed by atoms with van der Waals surface area (Å²) in [5.41, 5.74) is 0.257. The molecule has 0 heterocycles. The molecule has 0 amide bonds. The van der Waals surface area contributed by atoms with Crippen LogP contribution in [0.15, 0.2) is 12.2 Å². The summed E-state index contributed by atoms with van der Waals surface area (Å²) in [7, 11) is 0. The van der Waals surface area contributed by atoms with E-state index in [0.717, 1.165) is 12.8 Å². The Morgan fingerprint density at radius 3 is 2.40 bits per heavy atom. The Hall–Kier alpha value is -0.910. The number of carbonyl (C=O) groups excluding carboxylic acids is 1. The minimum Gasteiger partial charge on any atom is -0.462 e. The number of rotatable bonds is 11. The molecule has 2 N–H and O–H groups in total. The maximum atomic E-state index is 11.4. The molecule has 0 aromatic carbocycles. The average Bonchev–Trinajstić information content (AvgIpc) is 2.44. The largest absolute Gasteiger partial charge is 0.462 e. The van der Waals surface area contributed by atoms with Crippen molar-refractivity contribution < 1.29 is 24.5 Å². The van der Waals surface area contributed by atoms with Gasteiger partial charge in [-0.25, -0.2) is 4.79 Å². The van der Waals surface area contributed by atoms with Crippen LogP contribution in [0.5, 0.6) is 0 Å². The van der Waals surface area contributed by atoms with Gasteiger partial charge in [0.1, 0.15) is 0 Å². The molecule has 1 unspecified atom stereocenters. The normalized spacial score (nSPS) is 14.1. The van der Waals surface area contributed by atoms with Crippen molar-refractivity contribution in [2.45, 2.75) is 33.6 Å². The molecule has 0 aliphatic rings. The fraction of sp³-hybridized carbons (Fsp3) is 0.800. The van der Waals surface area contributed by atoms with E-state index in [2.05, 4.69) is 6.58 Å². The summed E-state index contributed by atoms with van der Waals surface area (Å²) in [6.45, 7) is 10.3. The van der Waals surface area contributed by atoms with Crippen LogP contribution in [0.1, 0.15) is 33.6 Å². The molecule has 20 heavy (non-hydrogen) atoms. The second-order valence-corrected chi connectivity index (χ2v) is 5.58. The van der Waals surface area contributed by atoms with Gasteiger partial charge in [0, 0.05) is 23.5 Å². The number of esters is 1. The molecule has 5 heteroatoms. The lowest BCUT2D eigenvalue weighted by Crippen LogP contribution is -2.27. The molecule has 0 aliphatic heterocycles. The molecule has 0 radical (unpaired) electrons. The third kappa shape index (κ3) is 7.62. The molecule has 0 fully saturated rings. The molecule has 0 saturated carbocycles. The average molecular weight is 288 g/mol. The van der Waals surface area contributed by atoms with E-state index in [-0.39, 0.29) is 30.5 Å². The van der Waals surface area contributed by atoms with Gasteiger partial charge in [-0.2, -0.15) is 0 Å². The van der Waals surface area contributed by atoms with Crippen molar-refractivity contribution in [1.29, 1.82) is 0 Å². The summed E-state index contributed by atoms with van der Waals surface area (Å²) in [4.78, 5) is 11.4. The molecular weight excluding hydrogens is 260 g/mol. The predicted molar refractivity (Wildman–Crippen MR) is 77.3 cm³/mol. The van der Waals surface area contributed by atoms with E-state index < -0.39 is 0 Å². The summed E-state index contributed by atoms with van der Waals surface area (Å²) < 4.78 is 10.7. The number of hydrogen-bond acceptors (Lipinski definition) is 5. The van der Waals surface area contributed by atoms with E-state index in [1.807, 2.05) is 13.8 Å². The number of carbonyl (C=O) groups is 1. The lowest BCUT2D eigenvalue weighted by Gasteiger charge is -2.27. The van der Waals surface area contributed by atoms with Crippen LogP contribution in [0.25, 0.3) is 0 Å². The molecule has 0 spiro atoms. The van der Waals surface area contributed by atoms with Crippen LogP contribution >= 0.6 is 0 Å². The van der Waals surface area contributed by atoms with Crippen LogP contribution < -0.4 is 0 Å². The number of aliphatic hydroxyl groups is 2. The zero-order valence-corrected chi connectivity index (χ0v) is 12.9. The smallest absolute Gasteiger partial charge is 0.333 e. The Balaban J connectivity index is 4.05. The van der Waals surface area contributed by atoms with Crippen molar-refractivity contribution in [2.24, 2.45) is 11.3 Å². The summed E-state index contributed by atoms with van der Waals surface area (Å²) in [6.07, 6.45) is 1.61. The number of ether oxygens (including phenoxy) is 2. The fourth-order valence-corrected chi connectivity index (χ4v) is 1.45. The highest BCUT2D eigenvalue weighted by atomic mass is 16.5. The Labute approximate surface area is 121 Å². The number of aliphatic hydroxyl groups excluding tert-OH is 2. The molecule has 0 saturated heterocycles. The Morgan fingerprint density at radius 2 is 1.95 bits per heavy atom. The molecule has 0 aromatic rings. The molecule has 0 rings (SSSR count). The van der Waals surface area contributed by atoms with Gasteiger partial charge in [-0.1, -0.05) is 20.4 Å². The predicted octanol–water partition coefficient (Wildman–Crippen LogP) is 1.53. The fourth-order valence-electron chi connectivity index (χ4n) is 1.45. The van der Waals surface area contributed by atoms with Crippen molar-refractivity contribution >= 4 is 5.97 Å². The molecule has 118 valence electrons. The van der Waals surface area contributed by atoms with Gasteiger partial charge in [-0.3, -0.25) is 0 Å². The van der Waals surface area contributed by atoms with Crippen LogP contribution in [0.3, 0.4) is 0 Å². The Morgan fingerprint density at radius 1 is 1.35 bits per heavy atom. The minimum atomic E-state index is -0.369. The van der Waals surface area contributed by atoms with E-state index in [1.54, 1.807) is 6.92 Å². The monoisotopic (exact) mass is 288 g/mol. The highest BCUT2D eigenvalue weighted by Gasteiger charge is 2.24. The third-order valence-corrected chi connectivity index (χ3v) is 3.47. The van der Waals surface area contributed by atoms with E-state index in [4.69, 9.17) is 19.7 Å². The summed E-state index contributed by atoms with van der Waals surface area (Å²) in [5, 5.41) is 17.8. The first-order chi connectivity index (χ1) is 9.38. The van der Waals surface area contributed by atoms with Crippen molar-refractivity contribution in [2.75, 3.05) is 33.0 Å². The van der Waals surface area contributed by atoms with E-state index >= 15 is 0 Å². The topological polar surface area (TPSA) is 76.0 Å². The lowest BCUT2D eigenvalue weighted by molar-refractivity contribution is -0.142. The first-order valence-electron chi connectivity index (χ1n) is 7.00. The van der Waals surface area contributed by atoms with E-state index in [1.165, 1.54) is 0 Å². The molecule has 1 atom stereocenters. The minimum absolute atomic E-state index is 0.0855. The Kier molecular flexibility index (Phi) is 9.46. The zero-order valence-electron chi connectivity index (χ0n) is 12.9. The first kappa shape index (κ1) is 19.1. The highest BCUT2D eigenvalue weighted by molar-refractivity contribution is 5.86. The third-order valence-electron chi connectivity index (χ3n) is 3.47. The van der Waals surface area contributed by atoms with Crippen LogP contribution in [-0.4, -0.2) is 49.2 Å². The number of hydrogen-bond donors (Lipinski definition) is 2. The lowest BCUT2D eigenvalue weighted by atomic mass is 9.85. The van der Waals surface area contributed by atoms with Gasteiger partial charge in [0.2, 0.25) is 0 Å². The van der Waals surface area contributed by atoms with Crippen LogP contribution in [0.2, 0.25) is 0 Å². The summed E-state index contributed by atoms with van der Waals surface area (Å²) in [5.74, 6) is -0.602. The highest BCUT2D eigenvalue weighted by Crippen LogP contribution is 2.26. The van der Waals surface area contributed by atoms with Crippen molar-refractivity contribution in [3.8, 4) is 0 Å². The van der Waals surface area contributed by atoms with Crippen molar-refractivity contribution in [3.63, 3.8) is 0 Å². The van der Waals surface area contributed by atoms with Crippen LogP contribution in [0.4, 0.5) is 0 Å². The molecule has 0 bridgehead atoms. The zero-order chi connectivity index (χ0) is 15.6. The SMILES string of the molecule is C=C(C)C(=O)OCC(C)(CC)CCOCC(CO)CO. The van der Waals surface area contributed by atoms with Gasteiger partial charge in [0.25, 0.3) is 0 Å². The van der Waals surface area contributed by atoms with Crippen LogP contribution in [0, 0.1) is 11.3 Å². The Bertz CT molecular complexity index is 299. The van der Waals surface area contributed by atoms with Crippen molar-refractivity contribution in [1.82, 2.24) is 0 Å². The van der Waals surface area contributed by atoms with Gasteiger partial charge in [0.15, 0.2) is 0 Å².